The van der Waals surface area contributed by atoms with E-state index in [1.807, 2.05) is 18.2 Å². The highest BCUT2D eigenvalue weighted by Crippen LogP contribution is 2.46. The van der Waals surface area contributed by atoms with Crippen LogP contribution in [0.2, 0.25) is 0 Å². The highest BCUT2D eigenvalue weighted by atomic mass is 16.5. The van der Waals surface area contributed by atoms with E-state index in [2.05, 4.69) is 97.1 Å². The third-order valence-electron chi connectivity index (χ3n) is 6.39. The maximum atomic E-state index is 6.95. The fraction of sp³-hybridized carbons (Fsp3) is 0.0667. The summed E-state index contributed by atoms with van der Waals surface area (Å²) in [4.78, 5) is 0. The van der Waals surface area contributed by atoms with Crippen molar-refractivity contribution >= 4 is 27.6 Å². The van der Waals surface area contributed by atoms with Gasteiger partial charge in [0.05, 0.1) is 7.11 Å². The third kappa shape index (κ3) is 2.73. The lowest BCUT2D eigenvalue weighted by Crippen LogP contribution is -2.34. The second-order valence-corrected chi connectivity index (χ2v) is 8.10. The van der Waals surface area contributed by atoms with E-state index in [-0.39, 0.29) is 0 Å². The van der Waals surface area contributed by atoms with Gasteiger partial charge in [0.25, 0.3) is 0 Å². The van der Waals surface area contributed by atoms with E-state index >= 15 is 0 Å². The number of benzene rings is 5. The Hall–Kier alpha value is -4.04. The molecule has 0 aromatic heterocycles. The molecule has 0 radical (unpaired) electrons. The second-order valence-electron chi connectivity index (χ2n) is 8.10. The minimum absolute atomic E-state index is 0.747. The van der Waals surface area contributed by atoms with Crippen molar-refractivity contribution < 1.29 is 9.47 Å². The lowest BCUT2D eigenvalue weighted by molar-refractivity contribution is 0.163. The summed E-state index contributed by atoms with van der Waals surface area (Å²) in [6, 6.07) is 35.6. The van der Waals surface area contributed by atoms with Gasteiger partial charge in [-0.15, -0.1) is 0 Å². The molecule has 0 N–H and O–H groups in total. The summed E-state index contributed by atoms with van der Waals surface area (Å²) in [7, 11) is 1.72. The first-order valence-corrected chi connectivity index (χ1v) is 10.8. The number of ether oxygens (including phenoxy) is 2. The molecule has 1 aliphatic rings. The Balaban J connectivity index is 1.65. The predicted octanol–water partition coefficient (Wildman–Crippen LogP) is 7.35. The summed E-state index contributed by atoms with van der Waals surface area (Å²) in [6.45, 7) is 0. The Bertz CT molecular complexity index is 1480. The molecule has 0 saturated heterocycles. The summed E-state index contributed by atoms with van der Waals surface area (Å²) in [5.74, 6) is 1.74. The van der Waals surface area contributed by atoms with Crippen molar-refractivity contribution in [3.05, 3.63) is 126 Å². The van der Waals surface area contributed by atoms with Crippen molar-refractivity contribution in [1.82, 2.24) is 0 Å². The third-order valence-corrected chi connectivity index (χ3v) is 6.39. The first kappa shape index (κ1) is 18.7. The molecule has 32 heavy (non-hydrogen) atoms. The molecule has 0 amide bonds. The molecule has 5 aromatic carbocycles. The molecule has 2 heteroatoms. The van der Waals surface area contributed by atoms with Crippen molar-refractivity contribution in [2.45, 2.75) is 5.60 Å². The average molecular weight is 415 g/mol. The van der Waals surface area contributed by atoms with E-state index in [0.717, 1.165) is 39.0 Å². The van der Waals surface area contributed by atoms with Crippen LogP contribution in [0.15, 0.2) is 109 Å². The maximum absolute atomic E-state index is 6.95. The Morgan fingerprint density at radius 3 is 2.19 bits per heavy atom. The van der Waals surface area contributed by atoms with Crippen LogP contribution in [0, 0.1) is 0 Å². The molecule has 2 nitrogen and oxygen atoms in total. The van der Waals surface area contributed by atoms with Crippen molar-refractivity contribution in [2.75, 3.05) is 7.11 Å². The van der Waals surface area contributed by atoms with E-state index in [9.17, 15) is 0 Å². The molecule has 1 aliphatic heterocycles. The van der Waals surface area contributed by atoms with E-state index in [1.165, 1.54) is 10.8 Å². The van der Waals surface area contributed by atoms with Crippen molar-refractivity contribution in [1.29, 1.82) is 0 Å². The van der Waals surface area contributed by atoms with Gasteiger partial charge in [0, 0.05) is 22.1 Å². The number of rotatable bonds is 3. The van der Waals surface area contributed by atoms with Crippen LogP contribution in [-0.2, 0) is 5.60 Å². The number of hydrogen-bond acceptors (Lipinski definition) is 2. The first-order valence-electron chi connectivity index (χ1n) is 10.8. The van der Waals surface area contributed by atoms with Crippen LogP contribution in [-0.4, -0.2) is 7.11 Å². The summed E-state index contributed by atoms with van der Waals surface area (Å²) in [5.41, 5.74) is 2.55. The summed E-state index contributed by atoms with van der Waals surface area (Å²) in [5, 5.41) is 4.60. The fourth-order valence-electron chi connectivity index (χ4n) is 4.86. The van der Waals surface area contributed by atoms with Gasteiger partial charge in [0.2, 0.25) is 0 Å². The summed E-state index contributed by atoms with van der Waals surface area (Å²) < 4.78 is 12.6. The number of fused-ring (bicyclic) bond motifs is 4. The molecule has 0 spiro atoms. The zero-order valence-corrected chi connectivity index (χ0v) is 17.8. The maximum Gasteiger partial charge on any atom is 0.178 e. The van der Waals surface area contributed by atoms with Crippen LogP contribution in [0.1, 0.15) is 16.7 Å². The van der Waals surface area contributed by atoms with Crippen LogP contribution < -0.4 is 9.47 Å². The minimum atomic E-state index is -0.747. The zero-order valence-electron chi connectivity index (χ0n) is 17.8. The Labute approximate surface area is 187 Å². The molecule has 1 atom stereocenters. The number of methoxy groups -OCH3 is 1. The van der Waals surface area contributed by atoms with Crippen molar-refractivity contribution in [2.24, 2.45) is 0 Å². The van der Waals surface area contributed by atoms with E-state index in [0.29, 0.717) is 0 Å². The van der Waals surface area contributed by atoms with Gasteiger partial charge in [-0.2, -0.15) is 0 Å². The standard InChI is InChI=1S/C30H22O2/c1-31-28-18-16-27(24-13-7-8-14-25(24)28)30(22-10-3-2-4-11-22)20-19-26-23-12-6-5-9-21(23)15-17-29(26)32-30/h2-20H,1H3. The SMILES string of the molecule is COc1ccc(C2(c3ccccc3)C=Cc3c(ccc4ccccc34)O2)c2ccccc12. The van der Waals surface area contributed by atoms with Crippen molar-refractivity contribution in [3.8, 4) is 11.5 Å². The molecule has 0 aliphatic carbocycles. The van der Waals surface area contributed by atoms with E-state index in [4.69, 9.17) is 9.47 Å². The molecule has 154 valence electrons. The monoisotopic (exact) mass is 414 g/mol. The fourth-order valence-corrected chi connectivity index (χ4v) is 4.86. The largest absolute Gasteiger partial charge is 0.496 e. The van der Waals surface area contributed by atoms with Crippen LogP contribution in [0.5, 0.6) is 11.5 Å². The molecular weight excluding hydrogens is 392 g/mol. The lowest BCUT2D eigenvalue weighted by atomic mass is 9.81. The smallest absolute Gasteiger partial charge is 0.178 e. The molecule has 1 unspecified atom stereocenters. The van der Waals surface area contributed by atoms with Gasteiger partial charge in [-0.05, 0) is 40.4 Å². The normalized spacial score (nSPS) is 17.2. The minimum Gasteiger partial charge on any atom is -0.496 e. The van der Waals surface area contributed by atoms with Gasteiger partial charge in [0.15, 0.2) is 5.60 Å². The van der Waals surface area contributed by atoms with Crippen molar-refractivity contribution in [3.63, 3.8) is 0 Å². The molecule has 5 aromatic rings. The Kier molecular flexibility index (Phi) is 4.26. The molecule has 1 heterocycles. The quantitative estimate of drug-likeness (QED) is 0.307. The van der Waals surface area contributed by atoms with Gasteiger partial charge in [-0.25, -0.2) is 0 Å². The molecule has 0 fully saturated rings. The predicted molar refractivity (Wildman–Crippen MR) is 131 cm³/mol. The molecule has 6 rings (SSSR count). The van der Waals surface area contributed by atoms with Crippen LogP contribution in [0.25, 0.3) is 27.6 Å². The lowest BCUT2D eigenvalue weighted by Gasteiger charge is -2.37. The Morgan fingerprint density at radius 1 is 0.656 bits per heavy atom. The van der Waals surface area contributed by atoms with Gasteiger partial charge in [0.1, 0.15) is 11.5 Å². The van der Waals surface area contributed by atoms with Crippen LogP contribution in [0.3, 0.4) is 0 Å². The summed E-state index contributed by atoms with van der Waals surface area (Å²) in [6.07, 6.45) is 4.42. The highest BCUT2D eigenvalue weighted by Gasteiger charge is 2.38. The molecule has 0 bridgehead atoms. The van der Waals surface area contributed by atoms with Gasteiger partial charge in [-0.1, -0.05) is 91.0 Å². The van der Waals surface area contributed by atoms with Gasteiger partial charge < -0.3 is 9.47 Å². The summed E-state index contributed by atoms with van der Waals surface area (Å²) >= 11 is 0. The van der Waals surface area contributed by atoms with Gasteiger partial charge >= 0.3 is 0 Å². The second kappa shape index (κ2) is 7.28. The molecule has 0 saturated carbocycles. The van der Waals surface area contributed by atoms with Gasteiger partial charge in [-0.3, -0.25) is 0 Å². The zero-order chi connectivity index (χ0) is 21.5. The average Bonchev–Trinajstić information content (AvgIpc) is 2.88. The topological polar surface area (TPSA) is 18.5 Å². The highest BCUT2D eigenvalue weighted by molar-refractivity contribution is 5.96. The number of hydrogen-bond donors (Lipinski definition) is 0. The Morgan fingerprint density at radius 2 is 1.38 bits per heavy atom. The van der Waals surface area contributed by atoms with Crippen LogP contribution in [0.4, 0.5) is 0 Å². The first-order chi connectivity index (χ1) is 15.8. The van der Waals surface area contributed by atoms with Crippen LogP contribution >= 0.6 is 0 Å². The molecular formula is C30H22O2. The van der Waals surface area contributed by atoms with E-state index < -0.39 is 5.60 Å². The van der Waals surface area contributed by atoms with E-state index in [1.54, 1.807) is 7.11 Å².